The van der Waals surface area contributed by atoms with E-state index in [2.05, 4.69) is 20.2 Å². The third-order valence-electron chi connectivity index (χ3n) is 3.51. The SMILES string of the molecule is CCOc1nnc(CN2CCCC2Cn2cccn2)s1. The summed E-state index contributed by atoms with van der Waals surface area (Å²) in [6.07, 6.45) is 6.31. The monoisotopic (exact) mass is 293 g/mol. The highest BCUT2D eigenvalue weighted by atomic mass is 32.1. The van der Waals surface area contributed by atoms with Crippen LogP contribution in [0.25, 0.3) is 0 Å². The zero-order valence-corrected chi connectivity index (χ0v) is 12.4. The third-order valence-corrected chi connectivity index (χ3v) is 4.33. The zero-order valence-electron chi connectivity index (χ0n) is 11.6. The summed E-state index contributed by atoms with van der Waals surface area (Å²) < 4.78 is 7.38. The van der Waals surface area contributed by atoms with Crippen molar-refractivity contribution in [1.29, 1.82) is 0 Å². The van der Waals surface area contributed by atoms with E-state index in [1.54, 1.807) is 11.3 Å². The molecule has 0 radical (unpaired) electrons. The summed E-state index contributed by atoms with van der Waals surface area (Å²) in [7, 11) is 0. The fourth-order valence-electron chi connectivity index (χ4n) is 2.59. The van der Waals surface area contributed by atoms with E-state index in [-0.39, 0.29) is 0 Å². The van der Waals surface area contributed by atoms with Gasteiger partial charge < -0.3 is 4.74 Å². The van der Waals surface area contributed by atoms with Crippen LogP contribution in [0.2, 0.25) is 0 Å². The summed E-state index contributed by atoms with van der Waals surface area (Å²) >= 11 is 1.55. The minimum atomic E-state index is 0.536. The predicted octanol–water partition coefficient (Wildman–Crippen LogP) is 1.80. The number of nitrogens with zero attached hydrogens (tertiary/aromatic N) is 5. The Morgan fingerprint density at radius 1 is 1.45 bits per heavy atom. The predicted molar refractivity (Wildman–Crippen MR) is 76.7 cm³/mol. The van der Waals surface area contributed by atoms with Crippen LogP contribution in [0.15, 0.2) is 18.5 Å². The number of ether oxygens (including phenoxy) is 1. The smallest absolute Gasteiger partial charge is 0.294 e. The van der Waals surface area contributed by atoms with Crippen molar-refractivity contribution in [2.75, 3.05) is 13.2 Å². The van der Waals surface area contributed by atoms with Gasteiger partial charge in [0.2, 0.25) is 0 Å². The van der Waals surface area contributed by atoms with Crippen molar-refractivity contribution in [2.45, 2.75) is 38.9 Å². The standard InChI is InChI=1S/C13H19N5OS/c1-2-19-13-16-15-12(20-13)10-17-7-3-5-11(17)9-18-8-4-6-14-18/h4,6,8,11H,2-3,5,7,9-10H2,1H3. The molecule has 3 heterocycles. The van der Waals surface area contributed by atoms with Crippen LogP contribution in [0.1, 0.15) is 24.8 Å². The number of hydrogen-bond donors (Lipinski definition) is 0. The quantitative estimate of drug-likeness (QED) is 0.813. The number of likely N-dealkylation sites (tertiary alicyclic amines) is 1. The highest BCUT2D eigenvalue weighted by Gasteiger charge is 2.26. The molecular weight excluding hydrogens is 274 g/mol. The molecule has 1 atom stereocenters. The Labute approximate surface area is 122 Å². The second-order valence-corrected chi connectivity index (χ2v) is 5.91. The Morgan fingerprint density at radius 2 is 2.40 bits per heavy atom. The van der Waals surface area contributed by atoms with Crippen LogP contribution in [-0.2, 0) is 13.1 Å². The summed E-state index contributed by atoms with van der Waals surface area (Å²) in [5.41, 5.74) is 0. The van der Waals surface area contributed by atoms with Gasteiger partial charge in [-0.25, -0.2) is 0 Å². The minimum Gasteiger partial charge on any atom is -0.469 e. The maximum absolute atomic E-state index is 5.38. The van der Waals surface area contributed by atoms with Gasteiger partial charge in [-0.05, 0) is 32.4 Å². The van der Waals surface area contributed by atoms with E-state index in [9.17, 15) is 0 Å². The van der Waals surface area contributed by atoms with Crippen LogP contribution in [-0.4, -0.2) is 44.1 Å². The maximum Gasteiger partial charge on any atom is 0.294 e. The first-order valence-electron chi connectivity index (χ1n) is 7.02. The number of rotatable bonds is 6. The third kappa shape index (κ3) is 3.16. The van der Waals surface area contributed by atoms with Crippen molar-refractivity contribution in [3.63, 3.8) is 0 Å². The first-order chi connectivity index (χ1) is 9.85. The summed E-state index contributed by atoms with van der Waals surface area (Å²) in [5.74, 6) is 0. The molecule has 1 unspecified atom stereocenters. The first kappa shape index (κ1) is 13.5. The molecule has 0 aromatic carbocycles. The van der Waals surface area contributed by atoms with Crippen molar-refractivity contribution in [2.24, 2.45) is 0 Å². The van der Waals surface area contributed by atoms with Crippen molar-refractivity contribution in [1.82, 2.24) is 24.9 Å². The zero-order chi connectivity index (χ0) is 13.8. The van der Waals surface area contributed by atoms with Gasteiger partial charge in [0, 0.05) is 18.4 Å². The molecule has 2 aromatic heterocycles. The average Bonchev–Trinajstić information content (AvgIpc) is 3.15. The van der Waals surface area contributed by atoms with Gasteiger partial charge >= 0.3 is 0 Å². The van der Waals surface area contributed by atoms with Gasteiger partial charge in [0.15, 0.2) is 0 Å². The van der Waals surface area contributed by atoms with E-state index in [0.29, 0.717) is 17.8 Å². The Hall–Kier alpha value is -1.47. The highest BCUT2D eigenvalue weighted by Crippen LogP contribution is 2.24. The van der Waals surface area contributed by atoms with Gasteiger partial charge in [0.05, 0.1) is 19.7 Å². The fraction of sp³-hybridized carbons (Fsp3) is 0.615. The molecule has 0 saturated carbocycles. The van der Waals surface area contributed by atoms with Gasteiger partial charge in [0.1, 0.15) is 5.01 Å². The lowest BCUT2D eigenvalue weighted by molar-refractivity contribution is 0.218. The van der Waals surface area contributed by atoms with Gasteiger partial charge in [-0.1, -0.05) is 11.3 Å². The molecule has 0 spiro atoms. The summed E-state index contributed by atoms with van der Waals surface area (Å²) in [6.45, 7) is 5.53. The molecule has 20 heavy (non-hydrogen) atoms. The van der Waals surface area contributed by atoms with E-state index in [1.807, 2.05) is 30.1 Å². The lowest BCUT2D eigenvalue weighted by Crippen LogP contribution is -2.32. The van der Waals surface area contributed by atoms with Crippen LogP contribution < -0.4 is 4.74 Å². The molecule has 0 aliphatic carbocycles. The van der Waals surface area contributed by atoms with Crippen LogP contribution in [0, 0.1) is 0 Å². The van der Waals surface area contributed by atoms with E-state index in [4.69, 9.17) is 4.74 Å². The second-order valence-electron chi connectivity index (χ2n) is 4.89. The van der Waals surface area contributed by atoms with Gasteiger partial charge in [-0.15, -0.1) is 10.2 Å². The molecular formula is C13H19N5OS. The molecule has 7 heteroatoms. The van der Waals surface area contributed by atoms with Crippen molar-refractivity contribution >= 4 is 11.3 Å². The Morgan fingerprint density at radius 3 is 3.20 bits per heavy atom. The molecule has 6 nitrogen and oxygen atoms in total. The van der Waals surface area contributed by atoms with Gasteiger partial charge in [-0.2, -0.15) is 5.10 Å². The highest BCUT2D eigenvalue weighted by molar-refractivity contribution is 7.13. The molecule has 1 saturated heterocycles. The van der Waals surface area contributed by atoms with Crippen LogP contribution in [0.3, 0.4) is 0 Å². The average molecular weight is 293 g/mol. The molecule has 2 aromatic rings. The van der Waals surface area contributed by atoms with Crippen molar-refractivity contribution < 1.29 is 4.74 Å². The first-order valence-corrected chi connectivity index (χ1v) is 7.83. The topological polar surface area (TPSA) is 56.1 Å². The second kappa shape index (κ2) is 6.32. The normalized spacial score (nSPS) is 19.6. The molecule has 1 aliphatic rings. The molecule has 0 bridgehead atoms. The molecule has 0 amide bonds. The minimum absolute atomic E-state index is 0.536. The van der Waals surface area contributed by atoms with Crippen molar-refractivity contribution in [3.8, 4) is 5.19 Å². The lowest BCUT2D eigenvalue weighted by atomic mass is 10.2. The van der Waals surface area contributed by atoms with E-state index < -0.39 is 0 Å². The maximum atomic E-state index is 5.38. The Balaban J connectivity index is 1.60. The van der Waals surface area contributed by atoms with Crippen molar-refractivity contribution in [3.05, 3.63) is 23.5 Å². The number of aromatic nitrogens is 4. The fourth-order valence-corrected chi connectivity index (χ4v) is 3.36. The van der Waals surface area contributed by atoms with E-state index in [0.717, 1.165) is 24.6 Å². The van der Waals surface area contributed by atoms with Crippen LogP contribution >= 0.6 is 11.3 Å². The lowest BCUT2D eigenvalue weighted by Gasteiger charge is -2.23. The summed E-state index contributed by atoms with van der Waals surface area (Å²) in [6, 6.07) is 2.51. The summed E-state index contributed by atoms with van der Waals surface area (Å²) in [5, 5.41) is 14.3. The molecule has 1 aliphatic heterocycles. The van der Waals surface area contributed by atoms with Crippen LogP contribution in [0.4, 0.5) is 0 Å². The molecule has 3 rings (SSSR count). The van der Waals surface area contributed by atoms with Gasteiger partial charge in [-0.3, -0.25) is 9.58 Å². The molecule has 108 valence electrons. The van der Waals surface area contributed by atoms with E-state index >= 15 is 0 Å². The molecule has 0 N–H and O–H groups in total. The largest absolute Gasteiger partial charge is 0.469 e. The number of hydrogen-bond acceptors (Lipinski definition) is 6. The molecule has 1 fully saturated rings. The van der Waals surface area contributed by atoms with Gasteiger partial charge in [0.25, 0.3) is 5.19 Å². The Bertz CT molecular complexity index is 527. The van der Waals surface area contributed by atoms with Crippen LogP contribution in [0.5, 0.6) is 5.19 Å². The summed E-state index contributed by atoms with van der Waals surface area (Å²) in [4.78, 5) is 2.47. The Kier molecular flexibility index (Phi) is 4.27. The van der Waals surface area contributed by atoms with E-state index in [1.165, 1.54) is 12.8 Å².